The Hall–Kier alpha value is -0.0800. The molecular formula is C21H40N2. The Balaban J connectivity index is 1.40. The summed E-state index contributed by atoms with van der Waals surface area (Å²) in [5.41, 5.74) is 0.609. The monoisotopic (exact) mass is 320 g/mol. The van der Waals surface area contributed by atoms with Crippen molar-refractivity contribution in [1.29, 1.82) is 0 Å². The first-order valence-corrected chi connectivity index (χ1v) is 10.5. The lowest BCUT2D eigenvalue weighted by molar-refractivity contribution is -0.116. The van der Waals surface area contributed by atoms with E-state index in [1.807, 2.05) is 0 Å². The van der Waals surface area contributed by atoms with E-state index in [0.717, 1.165) is 36.4 Å². The summed E-state index contributed by atoms with van der Waals surface area (Å²) in [6, 6.07) is 2.13. The van der Waals surface area contributed by atoms with Crippen LogP contribution in [0.2, 0.25) is 0 Å². The first-order chi connectivity index (χ1) is 11.0. The number of fused-ring (bicyclic) bond motifs is 2. The third-order valence-corrected chi connectivity index (χ3v) is 7.67. The molecule has 0 radical (unpaired) electrons. The molecule has 0 amide bonds. The molecule has 4 rings (SSSR count). The lowest BCUT2D eigenvalue weighted by Gasteiger charge is -2.62. The first-order valence-electron chi connectivity index (χ1n) is 10.5. The summed E-state index contributed by atoms with van der Waals surface area (Å²) in [6.45, 7) is 11.0. The quantitative estimate of drug-likeness (QED) is 0.764. The molecule has 5 atom stereocenters. The van der Waals surface area contributed by atoms with Crippen LogP contribution in [0.5, 0.6) is 0 Å². The average Bonchev–Trinajstić information content (AvgIpc) is 2.47. The Morgan fingerprint density at radius 3 is 2.26 bits per heavy atom. The molecule has 1 unspecified atom stereocenters. The lowest BCUT2D eigenvalue weighted by atomic mass is 9.44. The van der Waals surface area contributed by atoms with Gasteiger partial charge in [-0.15, -0.1) is 0 Å². The Morgan fingerprint density at radius 1 is 1.00 bits per heavy atom. The Bertz CT molecular complexity index is 370. The second-order valence-electron chi connectivity index (χ2n) is 9.58. The molecule has 4 aliphatic rings. The number of hydrogen-bond acceptors (Lipinski definition) is 2. The van der Waals surface area contributed by atoms with Crippen LogP contribution in [0.1, 0.15) is 85.5 Å². The second kappa shape index (κ2) is 7.44. The molecule has 0 spiro atoms. The van der Waals surface area contributed by atoms with Crippen molar-refractivity contribution in [3.8, 4) is 0 Å². The van der Waals surface area contributed by atoms with Gasteiger partial charge in [0.15, 0.2) is 0 Å². The minimum absolute atomic E-state index is 0.605. The summed E-state index contributed by atoms with van der Waals surface area (Å²) >= 11 is 0. The van der Waals surface area contributed by atoms with Crippen molar-refractivity contribution in [2.45, 2.75) is 104 Å². The molecule has 0 aromatic rings. The highest BCUT2D eigenvalue weighted by molar-refractivity contribution is 5.07. The van der Waals surface area contributed by atoms with Gasteiger partial charge in [0, 0.05) is 24.7 Å². The number of hydrogen-bond donors (Lipinski definition) is 2. The molecule has 4 fully saturated rings. The van der Waals surface area contributed by atoms with E-state index in [4.69, 9.17) is 0 Å². The van der Waals surface area contributed by atoms with E-state index in [1.54, 1.807) is 0 Å². The standard InChI is InChI=1S/C21H40N2/c1-15(14-22-18-10-8-6-5-7-9-11-18)23-20-13-17-12-19(16(20)2)21(17,3)4/h15-20,22-23H,5-14H2,1-4H3/t15?,16-,17+,19-,20-/m0/s1. The molecule has 0 aliphatic heterocycles. The Labute approximate surface area is 144 Å². The Kier molecular flexibility index (Phi) is 5.73. The van der Waals surface area contributed by atoms with Gasteiger partial charge < -0.3 is 10.6 Å². The van der Waals surface area contributed by atoms with Crippen molar-refractivity contribution in [2.75, 3.05) is 6.54 Å². The van der Waals surface area contributed by atoms with Gasteiger partial charge >= 0.3 is 0 Å². The summed E-state index contributed by atoms with van der Waals surface area (Å²) in [5.74, 6) is 2.76. The van der Waals surface area contributed by atoms with Crippen molar-refractivity contribution in [2.24, 2.45) is 23.2 Å². The van der Waals surface area contributed by atoms with E-state index in [1.165, 1.54) is 57.8 Å². The van der Waals surface area contributed by atoms with Crippen LogP contribution in [0.15, 0.2) is 0 Å². The summed E-state index contributed by atoms with van der Waals surface area (Å²) in [6.07, 6.45) is 12.9. The minimum Gasteiger partial charge on any atom is -0.312 e. The second-order valence-corrected chi connectivity index (χ2v) is 9.58. The fourth-order valence-corrected chi connectivity index (χ4v) is 5.80. The van der Waals surface area contributed by atoms with E-state index in [-0.39, 0.29) is 0 Å². The zero-order chi connectivity index (χ0) is 16.4. The molecule has 4 aliphatic carbocycles. The predicted octanol–water partition coefficient (Wildman–Crippen LogP) is 4.74. The van der Waals surface area contributed by atoms with Crippen molar-refractivity contribution in [3.05, 3.63) is 0 Å². The summed E-state index contributed by atoms with van der Waals surface area (Å²) in [5, 5.41) is 7.84. The van der Waals surface area contributed by atoms with Crippen LogP contribution in [0.4, 0.5) is 0 Å². The summed E-state index contributed by atoms with van der Waals surface area (Å²) < 4.78 is 0. The highest BCUT2D eigenvalue weighted by Crippen LogP contribution is 2.61. The zero-order valence-electron chi connectivity index (χ0n) is 16.0. The van der Waals surface area contributed by atoms with Crippen LogP contribution < -0.4 is 10.6 Å². The first kappa shape index (κ1) is 17.7. The molecule has 2 bridgehead atoms. The third kappa shape index (κ3) is 3.95. The maximum Gasteiger partial charge on any atom is 0.0166 e. The summed E-state index contributed by atoms with van der Waals surface area (Å²) in [7, 11) is 0. The van der Waals surface area contributed by atoms with Gasteiger partial charge in [-0.3, -0.25) is 0 Å². The SMILES string of the molecule is CC(CNC1CCCCCCC1)N[C@H]1C[C@H]2C[C@@H]([C@@H]1C)C2(C)C. The van der Waals surface area contributed by atoms with E-state index in [2.05, 4.69) is 38.3 Å². The Morgan fingerprint density at radius 2 is 1.65 bits per heavy atom. The molecule has 2 N–H and O–H groups in total. The maximum atomic E-state index is 3.97. The smallest absolute Gasteiger partial charge is 0.0166 e. The van der Waals surface area contributed by atoms with Gasteiger partial charge in [0.1, 0.15) is 0 Å². The van der Waals surface area contributed by atoms with Crippen molar-refractivity contribution in [3.63, 3.8) is 0 Å². The van der Waals surface area contributed by atoms with E-state index in [0.29, 0.717) is 11.5 Å². The maximum absolute atomic E-state index is 3.97. The van der Waals surface area contributed by atoms with Crippen LogP contribution in [-0.2, 0) is 0 Å². The van der Waals surface area contributed by atoms with Gasteiger partial charge in [-0.1, -0.05) is 52.9 Å². The van der Waals surface area contributed by atoms with Crippen molar-refractivity contribution in [1.82, 2.24) is 10.6 Å². The normalized spacial score (nSPS) is 39.1. The molecular weight excluding hydrogens is 280 g/mol. The van der Waals surface area contributed by atoms with E-state index < -0.39 is 0 Å². The highest BCUT2D eigenvalue weighted by Gasteiger charge is 2.56. The number of nitrogens with one attached hydrogen (secondary N) is 2. The van der Waals surface area contributed by atoms with E-state index >= 15 is 0 Å². The lowest BCUT2D eigenvalue weighted by Crippen LogP contribution is -2.61. The van der Waals surface area contributed by atoms with Crippen LogP contribution in [0, 0.1) is 23.2 Å². The molecule has 134 valence electrons. The molecule has 23 heavy (non-hydrogen) atoms. The van der Waals surface area contributed by atoms with Gasteiger partial charge in [-0.25, -0.2) is 0 Å². The van der Waals surface area contributed by atoms with Crippen LogP contribution in [-0.4, -0.2) is 24.7 Å². The van der Waals surface area contributed by atoms with Gasteiger partial charge in [0.05, 0.1) is 0 Å². The van der Waals surface area contributed by atoms with Gasteiger partial charge in [0.2, 0.25) is 0 Å². The van der Waals surface area contributed by atoms with Crippen molar-refractivity contribution >= 4 is 0 Å². The number of rotatable bonds is 5. The largest absolute Gasteiger partial charge is 0.312 e. The van der Waals surface area contributed by atoms with Gasteiger partial charge in [-0.05, 0) is 55.8 Å². The molecule has 0 heterocycles. The van der Waals surface area contributed by atoms with Crippen molar-refractivity contribution < 1.29 is 0 Å². The summed E-state index contributed by atoms with van der Waals surface area (Å²) in [4.78, 5) is 0. The minimum atomic E-state index is 0.605. The molecule has 2 heteroatoms. The van der Waals surface area contributed by atoms with Crippen LogP contribution in [0.3, 0.4) is 0 Å². The zero-order valence-corrected chi connectivity index (χ0v) is 16.0. The fraction of sp³-hybridized carbons (Fsp3) is 1.00. The van der Waals surface area contributed by atoms with Gasteiger partial charge in [0.25, 0.3) is 0 Å². The molecule has 0 saturated heterocycles. The fourth-order valence-electron chi connectivity index (χ4n) is 5.80. The molecule has 0 aromatic heterocycles. The molecule has 0 aromatic carbocycles. The predicted molar refractivity (Wildman–Crippen MR) is 99.7 cm³/mol. The molecule has 2 nitrogen and oxygen atoms in total. The average molecular weight is 321 g/mol. The van der Waals surface area contributed by atoms with Crippen LogP contribution >= 0.6 is 0 Å². The topological polar surface area (TPSA) is 24.1 Å². The van der Waals surface area contributed by atoms with E-state index in [9.17, 15) is 0 Å². The third-order valence-electron chi connectivity index (χ3n) is 7.67. The van der Waals surface area contributed by atoms with Crippen LogP contribution in [0.25, 0.3) is 0 Å². The van der Waals surface area contributed by atoms with Gasteiger partial charge in [-0.2, -0.15) is 0 Å². The molecule has 4 saturated carbocycles. The highest BCUT2D eigenvalue weighted by atomic mass is 15.0.